The molecule has 0 aromatic carbocycles. The molecule has 98 valence electrons. The SMILES string of the molecule is CNCC1CCCN(c2cccc(C(N)=O)n2)C1. The van der Waals surface area contributed by atoms with E-state index in [2.05, 4.69) is 15.2 Å². The van der Waals surface area contributed by atoms with Gasteiger partial charge in [-0.1, -0.05) is 6.07 Å². The summed E-state index contributed by atoms with van der Waals surface area (Å²) in [7, 11) is 1.98. The van der Waals surface area contributed by atoms with Crippen molar-refractivity contribution in [2.75, 3.05) is 31.6 Å². The zero-order valence-electron chi connectivity index (χ0n) is 10.7. The van der Waals surface area contributed by atoms with Gasteiger partial charge in [-0.05, 0) is 44.5 Å². The van der Waals surface area contributed by atoms with Crippen molar-refractivity contribution in [2.24, 2.45) is 11.7 Å². The summed E-state index contributed by atoms with van der Waals surface area (Å²) >= 11 is 0. The molecule has 1 aromatic heterocycles. The van der Waals surface area contributed by atoms with Crippen LogP contribution >= 0.6 is 0 Å². The summed E-state index contributed by atoms with van der Waals surface area (Å²) in [5.41, 5.74) is 5.59. The standard InChI is InChI=1S/C13H20N4O/c1-15-8-10-4-3-7-17(9-10)12-6-2-5-11(16-12)13(14)18/h2,5-6,10,15H,3-4,7-9H2,1H3,(H2,14,18). The molecule has 1 atom stereocenters. The molecular weight excluding hydrogens is 228 g/mol. The van der Waals surface area contributed by atoms with E-state index in [1.54, 1.807) is 6.07 Å². The van der Waals surface area contributed by atoms with Gasteiger partial charge in [0.05, 0.1) is 0 Å². The summed E-state index contributed by atoms with van der Waals surface area (Å²) in [4.78, 5) is 17.7. The fourth-order valence-electron chi connectivity index (χ4n) is 2.47. The Balaban J connectivity index is 2.10. The lowest BCUT2D eigenvalue weighted by molar-refractivity contribution is 0.0995. The fourth-order valence-corrected chi connectivity index (χ4v) is 2.47. The van der Waals surface area contributed by atoms with Gasteiger partial charge in [0, 0.05) is 13.1 Å². The Morgan fingerprint density at radius 1 is 1.61 bits per heavy atom. The first-order valence-corrected chi connectivity index (χ1v) is 6.37. The average Bonchev–Trinajstić information content (AvgIpc) is 2.39. The minimum atomic E-state index is -0.472. The third-order valence-corrected chi connectivity index (χ3v) is 3.32. The first-order valence-electron chi connectivity index (χ1n) is 6.37. The molecule has 1 aliphatic rings. The fraction of sp³-hybridized carbons (Fsp3) is 0.538. The number of pyridine rings is 1. The number of nitrogens with two attached hydrogens (primary N) is 1. The van der Waals surface area contributed by atoms with Crippen LogP contribution in [0.1, 0.15) is 23.3 Å². The van der Waals surface area contributed by atoms with Gasteiger partial charge in [-0.3, -0.25) is 4.79 Å². The van der Waals surface area contributed by atoms with Crippen LogP contribution in [0.15, 0.2) is 18.2 Å². The van der Waals surface area contributed by atoms with E-state index in [-0.39, 0.29) is 0 Å². The van der Waals surface area contributed by atoms with Gasteiger partial charge >= 0.3 is 0 Å². The molecule has 0 radical (unpaired) electrons. The minimum Gasteiger partial charge on any atom is -0.364 e. The molecule has 5 nitrogen and oxygen atoms in total. The van der Waals surface area contributed by atoms with Crippen LogP contribution in [0.5, 0.6) is 0 Å². The van der Waals surface area contributed by atoms with Crippen molar-refractivity contribution in [2.45, 2.75) is 12.8 Å². The molecule has 0 saturated carbocycles. The Kier molecular flexibility index (Phi) is 4.15. The molecule has 1 aromatic rings. The second-order valence-corrected chi connectivity index (χ2v) is 4.76. The summed E-state index contributed by atoms with van der Waals surface area (Å²) in [6.45, 7) is 3.00. The zero-order valence-corrected chi connectivity index (χ0v) is 10.7. The average molecular weight is 248 g/mol. The maximum absolute atomic E-state index is 11.1. The summed E-state index contributed by atoms with van der Waals surface area (Å²) in [6.07, 6.45) is 2.40. The van der Waals surface area contributed by atoms with Crippen LogP contribution in [0.4, 0.5) is 5.82 Å². The molecule has 1 aliphatic heterocycles. The predicted molar refractivity (Wildman–Crippen MR) is 71.6 cm³/mol. The Morgan fingerprint density at radius 3 is 3.17 bits per heavy atom. The van der Waals surface area contributed by atoms with Crippen molar-refractivity contribution in [1.82, 2.24) is 10.3 Å². The van der Waals surface area contributed by atoms with Gasteiger partial charge in [-0.2, -0.15) is 0 Å². The Morgan fingerprint density at radius 2 is 2.44 bits per heavy atom. The quantitative estimate of drug-likeness (QED) is 0.819. The number of aromatic nitrogens is 1. The Bertz CT molecular complexity index is 419. The van der Waals surface area contributed by atoms with E-state index < -0.39 is 5.91 Å². The smallest absolute Gasteiger partial charge is 0.267 e. The number of primary amides is 1. The summed E-state index contributed by atoms with van der Waals surface area (Å²) in [5, 5.41) is 3.22. The van der Waals surface area contributed by atoms with E-state index in [1.165, 1.54) is 6.42 Å². The molecule has 18 heavy (non-hydrogen) atoms. The highest BCUT2D eigenvalue weighted by Gasteiger charge is 2.20. The zero-order chi connectivity index (χ0) is 13.0. The third kappa shape index (κ3) is 2.98. The maximum Gasteiger partial charge on any atom is 0.267 e. The highest BCUT2D eigenvalue weighted by molar-refractivity contribution is 5.91. The highest BCUT2D eigenvalue weighted by atomic mass is 16.1. The summed E-state index contributed by atoms with van der Waals surface area (Å²) in [6, 6.07) is 5.43. The Labute approximate surface area is 107 Å². The van der Waals surface area contributed by atoms with Gasteiger partial charge in [-0.15, -0.1) is 0 Å². The normalized spacial score (nSPS) is 19.8. The molecule has 5 heteroatoms. The van der Waals surface area contributed by atoms with Crippen molar-refractivity contribution >= 4 is 11.7 Å². The molecule has 2 rings (SSSR count). The van der Waals surface area contributed by atoms with Crippen molar-refractivity contribution in [1.29, 1.82) is 0 Å². The molecule has 0 bridgehead atoms. The molecule has 1 fully saturated rings. The second-order valence-electron chi connectivity index (χ2n) is 4.76. The highest BCUT2D eigenvalue weighted by Crippen LogP contribution is 2.21. The number of anilines is 1. The Hall–Kier alpha value is -1.62. The lowest BCUT2D eigenvalue weighted by Crippen LogP contribution is -2.39. The van der Waals surface area contributed by atoms with Crippen molar-refractivity contribution in [3.63, 3.8) is 0 Å². The van der Waals surface area contributed by atoms with E-state index >= 15 is 0 Å². The van der Waals surface area contributed by atoms with Crippen molar-refractivity contribution in [3.05, 3.63) is 23.9 Å². The number of rotatable bonds is 4. The van der Waals surface area contributed by atoms with Crippen LogP contribution in [-0.4, -0.2) is 37.6 Å². The van der Waals surface area contributed by atoms with Crippen molar-refractivity contribution in [3.8, 4) is 0 Å². The van der Waals surface area contributed by atoms with Crippen molar-refractivity contribution < 1.29 is 4.79 Å². The number of hydrogen-bond acceptors (Lipinski definition) is 4. The largest absolute Gasteiger partial charge is 0.364 e. The summed E-state index contributed by atoms with van der Waals surface area (Å²) < 4.78 is 0. The topological polar surface area (TPSA) is 71.2 Å². The lowest BCUT2D eigenvalue weighted by atomic mass is 9.98. The molecular formula is C13H20N4O. The molecule has 1 saturated heterocycles. The number of amides is 1. The second kappa shape index (κ2) is 5.82. The predicted octanol–water partition coefficient (Wildman–Crippen LogP) is 0.616. The van der Waals surface area contributed by atoms with Gasteiger partial charge in [0.25, 0.3) is 5.91 Å². The van der Waals surface area contributed by atoms with Crippen LogP contribution in [0.2, 0.25) is 0 Å². The molecule has 0 spiro atoms. The van der Waals surface area contributed by atoms with Crippen LogP contribution < -0.4 is 16.0 Å². The lowest BCUT2D eigenvalue weighted by Gasteiger charge is -2.33. The van der Waals surface area contributed by atoms with Gasteiger partial charge in [0.1, 0.15) is 11.5 Å². The van der Waals surface area contributed by atoms with Crippen LogP contribution in [0.3, 0.4) is 0 Å². The van der Waals surface area contributed by atoms with Crippen LogP contribution in [-0.2, 0) is 0 Å². The number of nitrogens with one attached hydrogen (secondary N) is 1. The van der Waals surface area contributed by atoms with Gasteiger partial charge in [-0.25, -0.2) is 4.98 Å². The monoisotopic (exact) mass is 248 g/mol. The molecule has 2 heterocycles. The molecule has 1 amide bonds. The first-order chi connectivity index (χ1) is 8.70. The van der Waals surface area contributed by atoms with Gasteiger partial charge < -0.3 is 16.0 Å². The number of carbonyl (C=O) groups excluding carboxylic acids is 1. The number of nitrogens with zero attached hydrogens (tertiary/aromatic N) is 2. The molecule has 3 N–H and O–H groups in total. The number of piperidine rings is 1. The van der Waals surface area contributed by atoms with Crippen LogP contribution in [0.25, 0.3) is 0 Å². The van der Waals surface area contributed by atoms with E-state index in [0.29, 0.717) is 11.6 Å². The molecule has 0 aliphatic carbocycles. The van der Waals surface area contributed by atoms with E-state index in [4.69, 9.17) is 5.73 Å². The van der Waals surface area contributed by atoms with E-state index in [0.717, 1.165) is 31.9 Å². The van der Waals surface area contributed by atoms with E-state index in [9.17, 15) is 4.79 Å². The van der Waals surface area contributed by atoms with Crippen LogP contribution in [0, 0.1) is 5.92 Å². The van der Waals surface area contributed by atoms with Gasteiger partial charge in [0.15, 0.2) is 0 Å². The maximum atomic E-state index is 11.1. The summed E-state index contributed by atoms with van der Waals surface area (Å²) in [5.74, 6) is 1.02. The van der Waals surface area contributed by atoms with Gasteiger partial charge in [0.2, 0.25) is 0 Å². The number of carbonyl (C=O) groups is 1. The number of hydrogen-bond donors (Lipinski definition) is 2. The third-order valence-electron chi connectivity index (χ3n) is 3.32. The molecule has 1 unspecified atom stereocenters. The van der Waals surface area contributed by atoms with E-state index in [1.807, 2.05) is 19.2 Å². The first kappa shape index (κ1) is 12.8. The minimum absolute atomic E-state index is 0.336.